The zero-order valence-electron chi connectivity index (χ0n) is 12.6. The fourth-order valence-electron chi connectivity index (χ4n) is 2.01. The Bertz CT molecular complexity index is 734. The number of hydrogen-bond donors (Lipinski definition) is 1. The van der Waals surface area contributed by atoms with E-state index in [2.05, 4.69) is 15.2 Å². The highest BCUT2D eigenvalue weighted by Crippen LogP contribution is 2.31. The molecule has 0 aliphatic rings. The summed E-state index contributed by atoms with van der Waals surface area (Å²) in [5.74, 6) is -0.548. The maximum atomic E-state index is 12.3. The van der Waals surface area contributed by atoms with E-state index in [1.54, 1.807) is 14.0 Å². The van der Waals surface area contributed by atoms with Gasteiger partial charge in [-0.2, -0.15) is 13.9 Å². The number of nitrogens with one attached hydrogen (secondary N) is 1. The number of rotatable bonds is 5. The van der Waals surface area contributed by atoms with Crippen LogP contribution in [0.2, 0.25) is 5.02 Å². The molecule has 1 amide bonds. The summed E-state index contributed by atoms with van der Waals surface area (Å²) in [6, 6.07) is 4.05. The highest BCUT2D eigenvalue weighted by Gasteiger charge is 2.19. The molecule has 0 aliphatic heterocycles. The number of carbonyl (C=O) groups is 1. The minimum absolute atomic E-state index is 0.0652. The van der Waals surface area contributed by atoms with E-state index < -0.39 is 12.5 Å². The third-order valence-electron chi connectivity index (χ3n) is 3.00. The van der Waals surface area contributed by atoms with Gasteiger partial charge in [-0.1, -0.05) is 11.6 Å². The van der Waals surface area contributed by atoms with Crippen LogP contribution in [-0.2, 0) is 7.05 Å². The molecule has 1 aromatic carbocycles. The topological polar surface area (TPSA) is 65.4 Å². The second-order valence-electron chi connectivity index (χ2n) is 4.57. The van der Waals surface area contributed by atoms with Crippen molar-refractivity contribution in [3.8, 4) is 11.5 Å². The van der Waals surface area contributed by atoms with Crippen molar-refractivity contribution in [3.05, 3.63) is 34.6 Å². The van der Waals surface area contributed by atoms with Crippen molar-refractivity contribution in [2.45, 2.75) is 13.5 Å². The van der Waals surface area contributed by atoms with Gasteiger partial charge in [-0.25, -0.2) is 0 Å². The molecular formula is C14H14ClF2N3O3. The largest absolute Gasteiger partial charge is 0.493 e. The fourth-order valence-corrected chi connectivity index (χ4v) is 2.25. The average molecular weight is 346 g/mol. The summed E-state index contributed by atoms with van der Waals surface area (Å²) >= 11 is 6.04. The Morgan fingerprint density at radius 3 is 2.61 bits per heavy atom. The minimum Gasteiger partial charge on any atom is -0.493 e. The van der Waals surface area contributed by atoms with Crippen molar-refractivity contribution in [3.63, 3.8) is 0 Å². The SMILES string of the molecule is COc1cc(NC(=O)c2c(Cl)c(C)nn2C)ccc1OC(F)F. The van der Waals surface area contributed by atoms with Gasteiger partial charge in [0.1, 0.15) is 5.69 Å². The molecule has 1 heterocycles. The highest BCUT2D eigenvalue weighted by atomic mass is 35.5. The molecular weight excluding hydrogens is 332 g/mol. The molecule has 0 radical (unpaired) electrons. The number of aryl methyl sites for hydroxylation is 2. The molecule has 0 fully saturated rings. The van der Waals surface area contributed by atoms with E-state index in [0.29, 0.717) is 11.4 Å². The molecule has 1 N–H and O–H groups in total. The lowest BCUT2D eigenvalue weighted by Gasteiger charge is -2.12. The van der Waals surface area contributed by atoms with Gasteiger partial charge in [0.05, 0.1) is 17.8 Å². The Morgan fingerprint density at radius 1 is 1.39 bits per heavy atom. The van der Waals surface area contributed by atoms with E-state index in [9.17, 15) is 13.6 Å². The van der Waals surface area contributed by atoms with Crippen LogP contribution in [0.15, 0.2) is 18.2 Å². The van der Waals surface area contributed by atoms with Crippen LogP contribution in [0.5, 0.6) is 11.5 Å². The molecule has 2 aromatic rings. The molecule has 0 saturated heterocycles. The van der Waals surface area contributed by atoms with Crippen LogP contribution < -0.4 is 14.8 Å². The standard InChI is InChI=1S/C14H14ClF2N3O3/c1-7-11(15)12(20(2)19-7)13(21)18-8-4-5-9(23-14(16)17)10(6-8)22-3/h4-6,14H,1-3H3,(H,18,21). The van der Waals surface area contributed by atoms with Gasteiger partial charge < -0.3 is 14.8 Å². The molecule has 0 atom stereocenters. The molecule has 23 heavy (non-hydrogen) atoms. The van der Waals surface area contributed by atoms with Gasteiger partial charge in [0, 0.05) is 18.8 Å². The number of anilines is 1. The zero-order valence-corrected chi connectivity index (χ0v) is 13.3. The number of aromatic nitrogens is 2. The van der Waals surface area contributed by atoms with Crippen molar-refractivity contribution in [2.75, 3.05) is 12.4 Å². The summed E-state index contributed by atoms with van der Waals surface area (Å²) in [5.41, 5.74) is 1.05. The quantitative estimate of drug-likeness (QED) is 0.903. The van der Waals surface area contributed by atoms with E-state index in [1.807, 2.05) is 0 Å². The number of methoxy groups -OCH3 is 1. The van der Waals surface area contributed by atoms with Crippen LogP contribution in [0.4, 0.5) is 14.5 Å². The van der Waals surface area contributed by atoms with E-state index >= 15 is 0 Å². The van der Waals surface area contributed by atoms with Gasteiger partial charge in [0.2, 0.25) is 0 Å². The van der Waals surface area contributed by atoms with Crippen molar-refractivity contribution >= 4 is 23.2 Å². The maximum absolute atomic E-state index is 12.3. The number of carbonyl (C=O) groups excluding carboxylic acids is 1. The van der Waals surface area contributed by atoms with Crippen molar-refractivity contribution in [2.24, 2.45) is 7.05 Å². The molecule has 0 unspecified atom stereocenters. The van der Waals surface area contributed by atoms with Gasteiger partial charge >= 0.3 is 6.61 Å². The Labute approximate surface area is 135 Å². The number of benzene rings is 1. The lowest BCUT2D eigenvalue weighted by Crippen LogP contribution is -2.16. The van der Waals surface area contributed by atoms with Gasteiger partial charge in [0.15, 0.2) is 11.5 Å². The summed E-state index contributed by atoms with van der Waals surface area (Å²) in [6.45, 7) is -1.29. The van der Waals surface area contributed by atoms with Crippen LogP contribution in [0.1, 0.15) is 16.2 Å². The van der Waals surface area contributed by atoms with Gasteiger partial charge in [-0.15, -0.1) is 0 Å². The summed E-state index contributed by atoms with van der Waals surface area (Å²) in [7, 11) is 2.90. The van der Waals surface area contributed by atoms with Gasteiger partial charge in [-0.05, 0) is 19.1 Å². The Morgan fingerprint density at radius 2 is 2.09 bits per heavy atom. The average Bonchev–Trinajstić information content (AvgIpc) is 2.73. The minimum atomic E-state index is -2.97. The lowest BCUT2D eigenvalue weighted by atomic mass is 10.2. The highest BCUT2D eigenvalue weighted by molar-refractivity contribution is 6.34. The van der Waals surface area contributed by atoms with E-state index in [-0.39, 0.29) is 22.2 Å². The van der Waals surface area contributed by atoms with Gasteiger partial charge in [-0.3, -0.25) is 9.48 Å². The van der Waals surface area contributed by atoms with Crippen LogP contribution in [0.3, 0.4) is 0 Å². The molecule has 0 saturated carbocycles. The van der Waals surface area contributed by atoms with Gasteiger partial charge in [0.25, 0.3) is 5.91 Å². The number of hydrogen-bond acceptors (Lipinski definition) is 4. The second-order valence-corrected chi connectivity index (χ2v) is 4.95. The van der Waals surface area contributed by atoms with Crippen LogP contribution in [0.25, 0.3) is 0 Å². The number of alkyl halides is 2. The predicted molar refractivity (Wildman–Crippen MR) is 80.5 cm³/mol. The first-order valence-electron chi connectivity index (χ1n) is 6.46. The van der Waals surface area contributed by atoms with Crippen LogP contribution in [-0.4, -0.2) is 29.4 Å². The van der Waals surface area contributed by atoms with Crippen molar-refractivity contribution < 1.29 is 23.0 Å². The Kier molecular flexibility index (Phi) is 5.05. The van der Waals surface area contributed by atoms with E-state index in [1.165, 1.54) is 30.0 Å². The van der Waals surface area contributed by atoms with E-state index in [0.717, 1.165) is 0 Å². The molecule has 0 aliphatic carbocycles. The zero-order chi connectivity index (χ0) is 17.1. The molecule has 2 rings (SSSR count). The van der Waals surface area contributed by atoms with Crippen LogP contribution in [0, 0.1) is 6.92 Å². The Hall–Kier alpha value is -2.35. The first kappa shape index (κ1) is 17.0. The third kappa shape index (κ3) is 3.70. The second kappa shape index (κ2) is 6.82. The number of amides is 1. The predicted octanol–water partition coefficient (Wildman–Crippen LogP) is 3.24. The lowest BCUT2D eigenvalue weighted by molar-refractivity contribution is -0.0512. The summed E-state index contributed by atoms with van der Waals surface area (Å²) in [4.78, 5) is 12.3. The van der Waals surface area contributed by atoms with Crippen molar-refractivity contribution in [1.29, 1.82) is 0 Å². The molecule has 6 nitrogen and oxygen atoms in total. The summed E-state index contributed by atoms with van der Waals surface area (Å²) in [5, 5.41) is 6.90. The van der Waals surface area contributed by atoms with Crippen molar-refractivity contribution in [1.82, 2.24) is 9.78 Å². The normalized spacial score (nSPS) is 10.7. The summed E-state index contributed by atoms with van der Waals surface area (Å²) < 4.78 is 35.2. The number of halogens is 3. The first-order valence-corrected chi connectivity index (χ1v) is 6.84. The molecule has 1 aromatic heterocycles. The molecule has 9 heteroatoms. The fraction of sp³-hybridized carbons (Fsp3) is 0.286. The summed E-state index contributed by atoms with van der Waals surface area (Å²) in [6.07, 6.45) is 0. The number of nitrogens with zero attached hydrogens (tertiary/aromatic N) is 2. The Balaban J connectivity index is 2.24. The maximum Gasteiger partial charge on any atom is 0.387 e. The smallest absolute Gasteiger partial charge is 0.387 e. The monoisotopic (exact) mass is 345 g/mol. The molecule has 0 spiro atoms. The third-order valence-corrected chi connectivity index (χ3v) is 3.45. The first-order chi connectivity index (χ1) is 10.8. The van der Waals surface area contributed by atoms with Crippen LogP contribution >= 0.6 is 11.6 Å². The van der Waals surface area contributed by atoms with E-state index in [4.69, 9.17) is 16.3 Å². The molecule has 124 valence electrons. The number of ether oxygens (including phenoxy) is 2. The molecule has 0 bridgehead atoms.